The van der Waals surface area contributed by atoms with Crippen molar-refractivity contribution in [3.63, 3.8) is 0 Å². The highest BCUT2D eigenvalue weighted by Gasteiger charge is 2.07. The highest BCUT2D eigenvalue weighted by atomic mass is 16.6. The minimum absolute atomic E-state index is 0.0259. The van der Waals surface area contributed by atoms with E-state index in [4.69, 9.17) is 4.74 Å². The Hall–Kier alpha value is -1.43. The van der Waals surface area contributed by atoms with E-state index < -0.39 is 4.92 Å². The van der Waals surface area contributed by atoms with E-state index in [1.54, 1.807) is 0 Å². The molecule has 1 aromatic rings. The van der Waals surface area contributed by atoms with E-state index in [0.29, 0.717) is 0 Å². The molecule has 0 atom stereocenters. The Balaban J connectivity index is 2.73. The summed E-state index contributed by atoms with van der Waals surface area (Å²) >= 11 is 0. The maximum atomic E-state index is 10.1. The molecule has 0 bridgehead atoms. The summed E-state index contributed by atoms with van der Waals surface area (Å²) in [5.41, 5.74) is -0.0259. The van der Waals surface area contributed by atoms with Crippen LogP contribution >= 0.6 is 0 Å². The van der Waals surface area contributed by atoms with E-state index in [2.05, 4.69) is 5.10 Å². The van der Waals surface area contributed by atoms with Gasteiger partial charge in [0.2, 0.25) is 0 Å². The van der Waals surface area contributed by atoms with Gasteiger partial charge in [0.1, 0.15) is 19.1 Å². The van der Waals surface area contributed by atoms with Crippen LogP contribution < -0.4 is 0 Å². The molecule has 0 unspecified atom stereocenters. The van der Waals surface area contributed by atoms with E-state index >= 15 is 0 Å². The van der Waals surface area contributed by atoms with Gasteiger partial charge in [0, 0.05) is 7.11 Å². The van der Waals surface area contributed by atoms with Crippen LogP contribution in [0.5, 0.6) is 0 Å². The maximum absolute atomic E-state index is 10.1. The molecule has 0 saturated heterocycles. The van der Waals surface area contributed by atoms with Gasteiger partial charge in [0.05, 0.1) is 4.92 Å². The monoisotopic (exact) mass is 157 g/mol. The molecule has 0 aromatic carbocycles. The molecule has 0 aliphatic carbocycles. The Morgan fingerprint density at radius 2 is 2.64 bits per heavy atom. The van der Waals surface area contributed by atoms with Crippen molar-refractivity contribution in [2.45, 2.75) is 6.73 Å². The summed E-state index contributed by atoms with van der Waals surface area (Å²) < 4.78 is 6.04. The van der Waals surface area contributed by atoms with Gasteiger partial charge in [-0.05, 0) is 0 Å². The molecule has 11 heavy (non-hydrogen) atoms. The fourth-order valence-electron chi connectivity index (χ4n) is 0.650. The van der Waals surface area contributed by atoms with Crippen LogP contribution in [0.2, 0.25) is 0 Å². The van der Waals surface area contributed by atoms with Crippen LogP contribution in [0.4, 0.5) is 5.69 Å². The largest absolute Gasteiger partial charge is 0.362 e. The van der Waals surface area contributed by atoms with Gasteiger partial charge in [0.25, 0.3) is 0 Å². The average molecular weight is 157 g/mol. The quantitative estimate of drug-likeness (QED) is 0.470. The first kappa shape index (κ1) is 7.67. The smallest absolute Gasteiger partial charge is 0.307 e. The van der Waals surface area contributed by atoms with Crippen molar-refractivity contribution in [1.82, 2.24) is 9.78 Å². The summed E-state index contributed by atoms with van der Waals surface area (Å²) in [6.07, 6.45) is 2.49. The van der Waals surface area contributed by atoms with Crippen LogP contribution in [0.25, 0.3) is 0 Å². The van der Waals surface area contributed by atoms with Crippen molar-refractivity contribution >= 4 is 5.69 Å². The topological polar surface area (TPSA) is 70.2 Å². The molecule has 0 aliphatic heterocycles. The van der Waals surface area contributed by atoms with Crippen molar-refractivity contribution in [2.75, 3.05) is 7.11 Å². The van der Waals surface area contributed by atoms with Crippen LogP contribution in [0.15, 0.2) is 12.4 Å². The molecule has 0 aliphatic rings. The fraction of sp³-hybridized carbons (Fsp3) is 0.400. The average Bonchev–Trinajstić information content (AvgIpc) is 2.37. The SMILES string of the molecule is COCn1cc([N+](=O)[O-])cn1. The molecule has 0 radical (unpaired) electrons. The first-order valence-electron chi connectivity index (χ1n) is 2.90. The number of nitrogens with zero attached hydrogens (tertiary/aromatic N) is 3. The van der Waals surface area contributed by atoms with Crippen LogP contribution in [0, 0.1) is 10.1 Å². The Morgan fingerprint density at radius 1 is 1.91 bits per heavy atom. The fourth-order valence-corrected chi connectivity index (χ4v) is 0.650. The summed E-state index contributed by atoms with van der Waals surface area (Å²) in [5.74, 6) is 0. The molecule has 0 N–H and O–H groups in total. The van der Waals surface area contributed by atoms with Crippen molar-refractivity contribution in [2.24, 2.45) is 0 Å². The highest BCUT2D eigenvalue weighted by Crippen LogP contribution is 2.06. The molecule has 6 heteroatoms. The number of hydrogen-bond acceptors (Lipinski definition) is 4. The molecule has 1 rings (SSSR count). The van der Waals surface area contributed by atoms with E-state index in [1.807, 2.05) is 0 Å². The van der Waals surface area contributed by atoms with Gasteiger partial charge >= 0.3 is 5.69 Å². The molecule has 0 spiro atoms. The lowest BCUT2D eigenvalue weighted by molar-refractivity contribution is -0.385. The molecule has 6 nitrogen and oxygen atoms in total. The minimum atomic E-state index is -0.501. The molecule has 0 saturated carbocycles. The molecular formula is C5H7N3O3. The summed E-state index contributed by atoms with van der Waals surface area (Å²) in [4.78, 5) is 9.63. The van der Waals surface area contributed by atoms with Crippen LogP contribution in [0.1, 0.15) is 0 Å². The van der Waals surface area contributed by atoms with E-state index in [9.17, 15) is 10.1 Å². The Morgan fingerprint density at radius 3 is 3.09 bits per heavy atom. The second-order valence-electron chi connectivity index (χ2n) is 1.91. The summed E-state index contributed by atoms with van der Waals surface area (Å²) in [5, 5.41) is 13.8. The lowest BCUT2D eigenvalue weighted by atomic mass is 10.6. The summed E-state index contributed by atoms with van der Waals surface area (Å²) in [6, 6.07) is 0. The predicted molar refractivity (Wildman–Crippen MR) is 35.9 cm³/mol. The molecule has 1 heterocycles. The molecular weight excluding hydrogens is 150 g/mol. The van der Waals surface area contributed by atoms with Crippen molar-refractivity contribution in [3.8, 4) is 0 Å². The second kappa shape index (κ2) is 3.11. The predicted octanol–water partition coefficient (Wildman–Crippen LogP) is 0.395. The number of methoxy groups -OCH3 is 1. The normalized spacial score (nSPS) is 9.91. The number of aromatic nitrogens is 2. The zero-order chi connectivity index (χ0) is 8.27. The van der Waals surface area contributed by atoms with Gasteiger partial charge in [-0.3, -0.25) is 10.1 Å². The third-order valence-electron chi connectivity index (χ3n) is 1.09. The van der Waals surface area contributed by atoms with Crippen LogP contribution in [0.3, 0.4) is 0 Å². The maximum Gasteiger partial charge on any atom is 0.307 e. The molecule has 0 amide bonds. The van der Waals surface area contributed by atoms with Crippen LogP contribution in [-0.2, 0) is 11.5 Å². The highest BCUT2D eigenvalue weighted by molar-refractivity contribution is 5.20. The van der Waals surface area contributed by atoms with Crippen molar-refractivity contribution in [3.05, 3.63) is 22.5 Å². The van der Waals surface area contributed by atoms with Gasteiger partial charge in [-0.15, -0.1) is 0 Å². The first-order chi connectivity index (χ1) is 5.24. The number of ether oxygens (including phenoxy) is 1. The van der Waals surface area contributed by atoms with Gasteiger partial charge in [-0.2, -0.15) is 5.10 Å². The van der Waals surface area contributed by atoms with Gasteiger partial charge in [0.15, 0.2) is 0 Å². The van der Waals surface area contributed by atoms with E-state index in [1.165, 1.54) is 24.2 Å². The third kappa shape index (κ3) is 1.74. The Kier molecular flexibility index (Phi) is 2.17. The Bertz CT molecular complexity index is 257. The number of rotatable bonds is 3. The van der Waals surface area contributed by atoms with Crippen molar-refractivity contribution < 1.29 is 9.66 Å². The van der Waals surface area contributed by atoms with E-state index in [0.717, 1.165) is 0 Å². The summed E-state index contributed by atoms with van der Waals surface area (Å²) in [7, 11) is 1.49. The standard InChI is InChI=1S/C5H7N3O3/c1-11-4-7-3-5(2-6-7)8(9)10/h2-3H,4H2,1H3. The zero-order valence-electron chi connectivity index (χ0n) is 5.93. The van der Waals surface area contributed by atoms with Crippen LogP contribution in [-0.4, -0.2) is 21.8 Å². The molecule has 60 valence electrons. The van der Waals surface area contributed by atoms with Gasteiger partial charge in [-0.25, -0.2) is 4.68 Å². The second-order valence-corrected chi connectivity index (χ2v) is 1.91. The Labute approximate surface area is 62.5 Å². The minimum Gasteiger partial charge on any atom is -0.362 e. The number of nitro groups is 1. The lowest BCUT2D eigenvalue weighted by Gasteiger charge is -1.94. The van der Waals surface area contributed by atoms with Gasteiger partial charge < -0.3 is 4.74 Å². The lowest BCUT2D eigenvalue weighted by Crippen LogP contribution is -1.99. The molecule has 0 fully saturated rings. The number of hydrogen-bond donors (Lipinski definition) is 0. The van der Waals surface area contributed by atoms with Gasteiger partial charge in [-0.1, -0.05) is 0 Å². The summed E-state index contributed by atoms with van der Waals surface area (Å²) in [6.45, 7) is 0.230. The molecule has 1 aromatic heterocycles. The first-order valence-corrected chi connectivity index (χ1v) is 2.90. The van der Waals surface area contributed by atoms with E-state index in [-0.39, 0.29) is 12.4 Å². The third-order valence-corrected chi connectivity index (χ3v) is 1.09. The van der Waals surface area contributed by atoms with Crippen molar-refractivity contribution in [1.29, 1.82) is 0 Å². The zero-order valence-corrected chi connectivity index (χ0v) is 5.93.